The molecule has 128 valence electrons. The number of aromatic nitrogens is 2. The van der Waals surface area contributed by atoms with E-state index >= 15 is 0 Å². The lowest BCUT2D eigenvalue weighted by Crippen LogP contribution is -2.35. The molecule has 1 aromatic carbocycles. The normalized spacial score (nSPS) is 18.5. The standard InChI is InChI=1S/C18H22ClFN4/c19-18-8-16(20)4-3-15(18)12-24(11-14-9-22-13-23-10-14)17-2-1-6-21-7-5-17/h3-4,8-10,13,17,21H,1-2,5-7,11-12H2. The molecule has 1 unspecified atom stereocenters. The van der Waals surface area contributed by atoms with Crippen LogP contribution in [-0.4, -0.2) is 34.0 Å². The number of hydrogen-bond acceptors (Lipinski definition) is 4. The van der Waals surface area contributed by atoms with Gasteiger partial charge in [0.1, 0.15) is 12.1 Å². The monoisotopic (exact) mass is 348 g/mol. The van der Waals surface area contributed by atoms with Crippen molar-refractivity contribution in [3.8, 4) is 0 Å². The van der Waals surface area contributed by atoms with E-state index in [-0.39, 0.29) is 5.82 Å². The Bertz CT molecular complexity index is 645. The average molecular weight is 349 g/mol. The molecule has 0 amide bonds. The van der Waals surface area contributed by atoms with Crippen LogP contribution >= 0.6 is 11.6 Å². The fourth-order valence-electron chi connectivity index (χ4n) is 3.19. The number of rotatable bonds is 5. The van der Waals surface area contributed by atoms with Gasteiger partial charge >= 0.3 is 0 Å². The van der Waals surface area contributed by atoms with E-state index in [0.717, 1.165) is 50.0 Å². The molecule has 0 bridgehead atoms. The van der Waals surface area contributed by atoms with Crippen LogP contribution in [0.3, 0.4) is 0 Å². The van der Waals surface area contributed by atoms with Crippen LogP contribution in [0, 0.1) is 5.82 Å². The van der Waals surface area contributed by atoms with Crippen molar-refractivity contribution in [3.05, 3.63) is 58.9 Å². The Kier molecular flexibility index (Phi) is 6.12. The maximum Gasteiger partial charge on any atom is 0.124 e. The second-order valence-electron chi connectivity index (χ2n) is 6.22. The van der Waals surface area contributed by atoms with Gasteiger partial charge in [-0.2, -0.15) is 0 Å². The van der Waals surface area contributed by atoms with Crippen molar-refractivity contribution in [2.45, 2.75) is 38.4 Å². The molecule has 1 N–H and O–H groups in total. The molecule has 24 heavy (non-hydrogen) atoms. The smallest absolute Gasteiger partial charge is 0.124 e. The maximum atomic E-state index is 13.3. The summed E-state index contributed by atoms with van der Waals surface area (Å²) >= 11 is 6.24. The minimum atomic E-state index is -0.301. The summed E-state index contributed by atoms with van der Waals surface area (Å²) in [4.78, 5) is 10.6. The topological polar surface area (TPSA) is 41.1 Å². The third kappa shape index (κ3) is 4.72. The molecule has 6 heteroatoms. The highest BCUT2D eigenvalue weighted by atomic mass is 35.5. The molecule has 3 rings (SSSR count). The number of hydrogen-bond donors (Lipinski definition) is 1. The van der Waals surface area contributed by atoms with E-state index in [1.807, 2.05) is 12.4 Å². The summed E-state index contributed by atoms with van der Waals surface area (Å²) in [6.07, 6.45) is 8.62. The van der Waals surface area contributed by atoms with E-state index in [1.54, 1.807) is 12.4 Å². The Balaban J connectivity index is 1.80. The van der Waals surface area contributed by atoms with Gasteiger partial charge in [0, 0.05) is 42.1 Å². The van der Waals surface area contributed by atoms with Gasteiger partial charge in [-0.3, -0.25) is 4.90 Å². The van der Waals surface area contributed by atoms with Crippen LogP contribution in [0.2, 0.25) is 5.02 Å². The zero-order valence-electron chi connectivity index (χ0n) is 13.6. The van der Waals surface area contributed by atoms with Gasteiger partial charge in [0.05, 0.1) is 0 Å². The van der Waals surface area contributed by atoms with Crippen molar-refractivity contribution in [2.75, 3.05) is 13.1 Å². The highest BCUT2D eigenvalue weighted by Gasteiger charge is 2.21. The molecule has 0 radical (unpaired) electrons. The highest BCUT2D eigenvalue weighted by Crippen LogP contribution is 2.24. The Morgan fingerprint density at radius 1 is 1.17 bits per heavy atom. The van der Waals surface area contributed by atoms with Gasteiger partial charge in [0.25, 0.3) is 0 Å². The minimum Gasteiger partial charge on any atom is -0.317 e. The van der Waals surface area contributed by atoms with Crippen molar-refractivity contribution in [2.24, 2.45) is 0 Å². The lowest BCUT2D eigenvalue weighted by atomic mass is 10.0. The average Bonchev–Trinajstić information content (AvgIpc) is 2.87. The Labute approximate surface area is 147 Å². The van der Waals surface area contributed by atoms with E-state index in [9.17, 15) is 4.39 Å². The van der Waals surface area contributed by atoms with Crippen molar-refractivity contribution in [1.82, 2.24) is 20.2 Å². The minimum absolute atomic E-state index is 0.301. The Morgan fingerprint density at radius 3 is 2.79 bits per heavy atom. The van der Waals surface area contributed by atoms with Crippen LogP contribution in [0.4, 0.5) is 4.39 Å². The molecule has 0 aliphatic carbocycles. The number of benzene rings is 1. The van der Waals surface area contributed by atoms with Crippen LogP contribution in [0.1, 0.15) is 30.4 Å². The van der Waals surface area contributed by atoms with Crippen LogP contribution in [-0.2, 0) is 13.1 Å². The number of nitrogens with zero attached hydrogens (tertiary/aromatic N) is 3. The van der Waals surface area contributed by atoms with E-state index < -0.39 is 0 Å². The first-order valence-electron chi connectivity index (χ1n) is 8.35. The molecule has 2 heterocycles. The van der Waals surface area contributed by atoms with Gasteiger partial charge in [-0.1, -0.05) is 17.7 Å². The molecule has 0 spiro atoms. The van der Waals surface area contributed by atoms with E-state index in [1.165, 1.54) is 12.1 Å². The molecule has 1 fully saturated rings. The SMILES string of the molecule is Fc1ccc(CN(Cc2cncnc2)C2CCCNCC2)c(Cl)c1. The van der Waals surface area contributed by atoms with Gasteiger partial charge < -0.3 is 5.32 Å². The molecule has 1 saturated heterocycles. The van der Waals surface area contributed by atoms with Gasteiger partial charge in [0.15, 0.2) is 0 Å². The molecule has 0 saturated carbocycles. The molecule has 1 aromatic heterocycles. The van der Waals surface area contributed by atoms with Crippen LogP contribution in [0.25, 0.3) is 0 Å². The second kappa shape index (κ2) is 8.51. The largest absolute Gasteiger partial charge is 0.317 e. The van der Waals surface area contributed by atoms with Gasteiger partial charge in [0.2, 0.25) is 0 Å². The van der Waals surface area contributed by atoms with Crippen molar-refractivity contribution < 1.29 is 4.39 Å². The summed E-state index contributed by atoms with van der Waals surface area (Å²) in [6.45, 7) is 3.54. The summed E-state index contributed by atoms with van der Waals surface area (Å²) < 4.78 is 13.3. The fraction of sp³-hybridized carbons (Fsp3) is 0.444. The van der Waals surface area contributed by atoms with Crippen LogP contribution < -0.4 is 5.32 Å². The zero-order chi connectivity index (χ0) is 16.8. The van der Waals surface area contributed by atoms with Crippen LogP contribution in [0.5, 0.6) is 0 Å². The van der Waals surface area contributed by atoms with E-state index in [0.29, 0.717) is 17.6 Å². The quantitative estimate of drug-likeness (QED) is 0.899. The van der Waals surface area contributed by atoms with Crippen molar-refractivity contribution >= 4 is 11.6 Å². The zero-order valence-corrected chi connectivity index (χ0v) is 14.3. The first-order chi connectivity index (χ1) is 11.7. The molecule has 1 atom stereocenters. The van der Waals surface area contributed by atoms with E-state index in [2.05, 4.69) is 20.2 Å². The highest BCUT2D eigenvalue weighted by molar-refractivity contribution is 6.31. The molecule has 2 aromatic rings. The molecule has 1 aliphatic heterocycles. The molecular weight excluding hydrogens is 327 g/mol. The number of halogens is 2. The maximum absolute atomic E-state index is 13.3. The van der Waals surface area contributed by atoms with Crippen molar-refractivity contribution in [1.29, 1.82) is 0 Å². The molecule has 4 nitrogen and oxygen atoms in total. The predicted molar refractivity (Wildman–Crippen MR) is 93.2 cm³/mol. The van der Waals surface area contributed by atoms with Gasteiger partial charge in [-0.15, -0.1) is 0 Å². The lowest BCUT2D eigenvalue weighted by molar-refractivity contribution is 0.164. The summed E-state index contributed by atoms with van der Waals surface area (Å²) in [5, 5.41) is 3.93. The van der Waals surface area contributed by atoms with Gasteiger partial charge in [-0.05, 0) is 50.0 Å². The summed E-state index contributed by atoms with van der Waals surface area (Å²) in [6, 6.07) is 5.09. The Hall–Kier alpha value is -1.56. The number of nitrogens with one attached hydrogen (secondary N) is 1. The lowest BCUT2D eigenvalue weighted by Gasteiger charge is -2.31. The van der Waals surface area contributed by atoms with Gasteiger partial charge in [-0.25, -0.2) is 14.4 Å². The summed E-state index contributed by atoms with van der Waals surface area (Å²) in [5.74, 6) is -0.301. The molecule has 1 aliphatic rings. The summed E-state index contributed by atoms with van der Waals surface area (Å²) in [5.41, 5.74) is 2.03. The Morgan fingerprint density at radius 2 is 2.00 bits per heavy atom. The predicted octanol–water partition coefficient (Wildman–Crippen LogP) is 3.41. The summed E-state index contributed by atoms with van der Waals surface area (Å²) in [7, 11) is 0. The fourth-order valence-corrected chi connectivity index (χ4v) is 3.42. The third-order valence-corrected chi connectivity index (χ3v) is 4.80. The van der Waals surface area contributed by atoms with Crippen LogP contribution in [0.15, 0.2) is 36.9 Å². The van der Waals surface area contributed by atoms with E-state index in [4.69, 9.17) is 11.6 Å². The van der Waals surface area contributed by atoms with Crippen molar-refractivity contribution in [3.63, 3.8) is 0 Å². The first kappa shape index (κ1) is 17.3. The second-order valence-corrected chi connectivity index (χ2v) is 6.63. The third-order valence-electron chi connectivity index (χ3n) is 4.45. The molecular formula is C18H22ClFN4. The first-order valence-corrected chi connectivity index (χ1v) is 8.73.